The first-order valence-corrected chi connectivity index (χ1v) is 10.3. The van der Waals surface area contributed by atoms with Gasteiger partial charge in [-0.3, -0.25) is 14.9 Å². The number of aryl methyl sites for hydroxylation is 1. The zero-order chi connectivity index (χ0) is 23.3. The van der Waals surface area contributed by atoms with Crippen LogP contribution in [-0.4, -0.2) is 46.7 Å². The van der Waals surface area contributed by atoms with E-state index in [2.05, 4.69) is 15.3 Å². The van der Waals surface area contributed by atoms with Crippen LogP contribution in [0.2, 0.25) is 0 Å². The number of nitrogens with zero attached hydrogens (tertiary/aromatic N) is 3. The van der Waals surface area contributed by atoms with Crippen molar-refractivity contribution in [2.24, 2.45) is 0 Å². The molecule has 1 amide bonds. The van der Waals surface area contributed by atoms with Gasteiger partial charge in [-0.25, -0.2) is 14.8 Å². The molecule has 0 aliphatic carbocycles. The number of anilines is 1. The van der Waals surface area contributed by atoms with Crippen LogP contribution in [0.5, 0.6) is 5.75 Å². The number of methoxy groups -OCH3 is 1. The minimum atomic E-state index is -0.761. The predicted molar refractivity (Wildman–Crippen MR) is 115 cm³/mol. The highest BCUT2D eigenvalue weighted by atomic mass is 32.2. The summed E-state index contributed by atoms with van der Waals surface area (Å²) in [6.45, 7) is 1.04. The summed E-state index contributed by atoms with van der Waals surface area (Å²) < 4.78 is 15.5. The number of benzene rings is 1. The van der Waals surface area contributed by atoms with Crippen LogP contribution in [0.4, 0.5) is 11.4 Å². The Bertz CT molecular complexity index is 1170. The molecule has 0 aliphatic rings. The summed E-state index contributed by atoms with van der Waals surface area (Å²) in [7, 11) is 1.31. The number of carbonyl (C=O) groups excluding carboxylic acids is 2. The molecule has 0 radical (unpaired) electrons. The lowest BCUT2D eigenvalue weighted by Gasteiger charge is -2.12. The van der Waals surface area contributed by atoms with Crippen LogP contribution in [0.1, 0.15) is 16.1 Å². The molecular weight excluding hydrogens is 440 g/mol. The summed E-state index contributed by atoms with van der Waals surface area (Å²) in [4.78, 5) is 43.8. The molecule has 0 spiro atoms. The average Bonchev–Trinajstić information content (AvgIpc) is 3.32. The first-order chi connectivity index (χ1) is 15.3. The van der Waals surface area contributed by atoms with E-state index in [4.69, 9.17) is 13.9 Å². The fraction of sp³-hybridized carbons (Fsp3) is 0.200. The number of nitrogens with one attached hydrogen (secondary N) is 1. The van der Waals surface area contributed by atoms with E-state index in [9.17, 15) is 19.7 Å². The summed E-state index contributed by atoms with van der Waals surface area (Å²) in [5, 5.41) is 13.7. The maximum atomic E-state index is 12.6. The van der Waals surface area contributed by atoms with Gasteiger partial charge in [-0.1, -0.05) is 0 Å². The molecule has 166 valence electrons. The molecule has 0 bridgehead atoms. The number of esters is 1. The van der Waals surface area contributed by atoms with E-state index in [1.807, 2.05) is 0 Å². The highest BCUT2D eigenvalue weighted by molar-refractivity contribution is 7.98. The van der Waals surface area contributed by atoms with Gasteiger partial charge >= 0.3 is 5.97 Å². The van der Waals surface area contributed by atoms with Gasteiger partial charge in [0.05, 0.1) is 35.7 Å². The Morgan fingerprint density at radius 1 is 1.28 bits per heavy atom. The van der Waals surface area contributed by atoms with Crippen LogP contribution < -0.4 is 10.1 Å². The molecule has 11 nitrogen and oxygen atoms in total. The quantitative estimate of drug-likeness (QED) is 0.175. The number of non-ortho nitro benzene ring substituents is 1. The van der Waals surface area contributed by atoms with Gasteiger partial charge in [0, 0.05) is 6.07 Å². The first-order valence-electron chi connectivity index (χ1n) is 9.10. The summed E-state index contributed by atoms with van der Waals surface area (Å²) in [5.74, 6) is -0.525. The highest BCUT2D eigenvalue weighted by Gasteiger charge is 2.22. The van der Waals surface area contributed by atoms with Crippen molar-refractivity contribution >= 4 is 35.0 Å². The normalized spacial score (nSPS) is 10.5. The third-order valence-corrected chi connectivity index (χ3v) is 4.88. The van der Waals surface area contributed by atoms with Crippen molar-refractivity contribution < 1.29 is 28.4 Å². The first kappa shape index (κ1) is 22.7. The lowest BCUT2D eigenvalue weighted by atomic mass is 10.2. The highest BCUT2D eigenvalue weighted by Crippen LogP contribution is 2.29. The smallest absolute Gasteiger partial charge is 0.343 e. The summed E-state index contributed by atoms with van der Waals surface area (Å²) in [5.41, 5.74) is 0.530. The Hall–Kier alpha value is -3.93. The van der Waals surface area contributed by atoms with Crippen molar-refractivity contribution in [2.45, 2.75) is 11.9 Å². The third-order valence-electron chi connectivity index (χ3n) is 4.20. The number of rotatable bonds is 8. The molecule has 2 aromatic heterocycles. The summed E-state index contributed by atoms with van der Waals surface area (Å²) >= 11 is 1.23. The number of aromatic nitrogens is 2. The zero-order valence-electron chi connectivity index (χ0n) is 17.3. The Kier molecular flexibility index (Phi) is 7.05. The summed E-state index contributed by atoms with van der Waals surface area (Å²) in [6.07, 6.45) is 3.24. The number of furan rings is 1. The molecule has 3 rings (SSSR count). The van der Waals surface area contributed by atoms with E-state index >= 15 is 0 Å². The second-order valence-electron chi connectivity index (χ2n) is 6.26. The molecule has 1 N–H and O–H groups in total. The number of amides is 1. The van der Waals surface area contributed by atoms with Crippen LogP contribution in [0, 0.1) is 17.0 Å². The van der Waals surface area contributed by atoms with Gasteiger partial charge < -0.3 is 19.2 Å². The molecule has 0 atom stereocenters. The average molecular weight is 458 g/mol. The van der Waals surface area contributed by atoms with Crippen molar-refractivity contribution in [3.05, 3.63) is 58.0 Å². The maximum absolute atomic E-state index is 12.6. The molecule has 0 aliphatic heterocycles. The van der Waals surface area contributed by atoms with Gasteiger partial charge in [-0.2, -0.15) is 0 Å². The molecule has 3 aromatic rings. The van der Waals surface area contributed by atoms with Gasteiger partial charge in [0.25, 0.3) is 11.6 Å². The minimum absolute atomic E-state index is 0.0984. The van der Waals surface area contributed by atoms with Crippen molar-refractivity contribution in [3.8, 4) is 17.3 Å². The fourth-order valence-corrected chi connectivity index (χ4v) is 3.34. The maximum Gasteiger partial charge on any atom is 0.343 e. The zero-order valence-corrected chi connectivity index (χ0v) is 18.1. The van der Waals surface area contributed by atoms with E-state index < -0.39 is 23.4 Å². The second-order valence-corrected chi connectivity index (χ2v) is 7.06. The molecule has 12 heteroatoms. The Morgan fingerprint density at radius 2 is 2.06 bits per heavy atom. The Balaban J connectivity index is 1.70. The van der Waals surface area contributed by atoms with Crippen molar-refractivity contribution in [1.29, 1.82) is 0 Å². The molecule has 0 fully saturated rings. The van der Waals surface area contributed by atoms with Gasteiger partial charge in [0.1, 0.15) is 16.3 Å². The number of hydrogen-bond acceptors (Lipinski definition) is 10. The van der Waals surface area contributed by atoms with Crippen LogP contribution in [0.25, 0.3) is 11.6 Å². The standard InChI is InChI=1S/C20H18N4O7S/c1-11-17(19(32-3)23-18(21-11)14-5-4-8-30-14)20(26)31-10-16(25)22-13-7-6-12(24(27)28)9-15(13)29-2/h4-9H,10H2,1-3H3,(H,22,25). The SMILES string of the molecule is COc1cc([N+](=O)[O-])ccc1NC(=O)COC(=O)c1c(C)nc(-c2ccco2)nc1SC. The molecule has 1 aromatic carbocycles. The van der Waals surface area contributed by atoms with E-state index in [-0.39, 0.29) is 22.7 Å². The number of ether oxygens (including phenoxy) is 2. The van der Waals surface area contributed by atoms with E-state index in [0.29, 0.717) is 22.3 Å². The van der Waals surface area contributed by atoms with Crippen LogP contribution in [-0.2, 0) is 9.53 Å². The topological polar surface area (TPSA) is 147 Å². The van der Waals surface area contributed by atoms with Crippen LogP contribution in [0.15, 0.2) is 46.0 Å². The second kappa shape index (κ2) is 9.92. The van der Waals surface area contributed by atoms with E-state index in [1.165, 1.54) is 43.3 Å². The number of nitro benzene ring substituents is 1. The van der Waals surface area contributed by atoms with E-state index in [0.717, 1.165) is 0 Å². The van der Waals surface area contributed by atoms with Crippen molar-refractivity contribution in [2.75, 3.05) is 25.3 Å². The number of nitro groups is 1. The third kappa shape index (κ3) is 5.03. The van der Waals surface area contributed by atoms with Crippen LogP contribution in [0.3, 0.4) is 0 Å². The molecule has 0 saturated heterocycles. The van der Waals surface area contributed by atoms with Gasteiger partial charge in [0.15, 0.2) is 18.2 Å². The minimum Gasteiger partial charge on any atom is -0.494 e. The van der Waals surface area contributed by atoms with Gasteiger partial charge in [-0.05, 0) is 31.4 Å². The van der Waals surface area contributed by atoms with E-state index in [1.54, 1.807) is 25.3 Å². The Morgan fingerprint density at radius 3 is 2.69 bits per heavy atom. The molecule has 0 unspecified atom stereocenters. The fourth-order valence-electron chi connectivity index (χ4n) is 2.73. The molecule has 2 heterocycles. The largest absolute Gasteiger partial charge is 0.494 e. The number of hydrogen-bond donors (Lipinski definition) is 1. The number of carbonyl (C=O) groups is 2. The molecule has 0 saturated carbocycles. The number of thioether (sulfide) groups is 1. The molecule has 32 heavy (non-hydrogen) atoms. The van der Waals surface area contributed by atoms with Gasteiger partial charge in [-0.15, -0.1) is 11.8 Å². The van der Waals surface area contributed by atoms with Gasteiger partial charge in [0.2, 0.25) is 0 Å². The Labute approximate surface area is 186 Å². The van der Waals surface area contributed by atoms with Crippen molar-refractivity contribution in [1.82, 2.24) is 9.97 Å². The monoisotopic (exact) mass is 458 g/mol. The van der Waals surface area contributed by atoms with Crippen molar-refractivity contribution in [3.63, 3.8) is 0 Å². The lowest BCUT2D eigenvalue weighted by molar-refractivity contribution is -0.384. The summed E-state index contributed by atoms with van der Waals surface area (Å²) in [6, 6.07) is 7.12. The molecular formula is C20H18N4O7S. The van der Waals surface area contributed by atoms with Crippen LogP contribution >= 0.6 is 11.8 Å². The lowest BCUT2D eigenvalue weighted by Crippen LogP contribution is -2.22. The predicted octanol–water partition coefficient (Wildman–Crippen LogP) is 3.48.